The summed E-state index contributed by atoms with van der Waals surface area (Å²) in [5.41, 5.74) is 0.967. The van der Waals surface area contributed by atoms with Gasteiger partial charge in [0.25, 0.3) is 0 Å². The number of nitrogens with one attached hydrogen (secondary N) is 1. The number of sulfonamides is 1. The van der Waals surface area contributed by atoms with Crippen LogP contribution in [0.5, 0.6) is 0 Å². The fourth-order valence-corrected chi connectivity index (χ4v) is 2.72. The average molecular weight is 254 g/mol. The molecular formula is C11H14N2O3S. The van der Waals surface area contributed by atoms with Gasteiger partial charge in [0.15, 0.2) is 0 Å². The lowest BCUT2D eigenvalue weighted by Gasteiger charge is -2.11. The van der Waals surface area contributed by atoms with Gasteiger partial charge in [-0.1, -0.05) is 12.1 Å². The van der Waals surface area contributed by atoms with Crippen molar-refractivity contribution in [2.45, 2.75) is 18.7 Å². The van der Waals surface area contributed by atoms with Crippen LogP contribution in [0.4, 0.5) is 0 Å². The fourth-order valence-electron chi connectivity index (χ4n) is 1.34. The Kier molecular flexibility index (Phi) is 4.63. The van der Waals surface area contributed by atoms with E-state index in [-0.39, 0.29) is 12.4 Å². The van der Waals surface area contributed by atoms with E-state index in [0.717, 1.165) is 0 Å². The largest absolute Gasteiger partial charge is 0.395 e. The molecule has 1 unspecified atom stereocenters. The second kappa shape index (κ2) is 5.77. The molecule has 0 aliphatic heterocycles. The fraction of sp³-hybridized carbons (Fsp3) is 0.364. The Morgan fingerprint density at radius 2 is 2.24 bits per heavy atom. The van der Waals surface area contributed by atoms with Gasteiger partial charge < -0.3 is 5.11 Å². The molecule has 0 heterocycles. The van der Waals surface area contributed by atoms with E-state index in [1.54, 1.807) is 25.1 Å². The summed E-state index contributed by atoms with van der Waals surface area (Å²) >= 11 is 0. The van der Waals surface area contributed by atoms with E-state index in [0.29, 0.717) is 11.1 Å². The highest BCUT2D eigenvalue weighted by molar-refractivity contribution is 7.88. The monoisotopic (exact) mass is 254 g/mol. The van der Waals surface area contributed by atoms with Crippen LogP contribution in [0.25, 0.3) is 0 Å². The second-order valence-electron chi connectivity index (χ2n) is 3.77. The van der Waals surface area contributed by atoms with Crippen molar-refractivity contribution in [3.05, 3.63) is 35.4 Å². The van der Waals surface area contributed by atoms with Crippen LogP contribution in [0.15, 0.2) is 24.3 Å². The third kappa shape index (κ3) is 4.53. The van der Waals surface area contributed by atoms with Crippen molar-refractivity contribution in [3.8, 4) is 6.07 Å². The molecule has 0 saturated carbocycles. The van der Waals surface area contributed by atoms with Gasteiger partial charge in [0, 0.05) is 6.04 Å². The zero-order valence-electron chi connectivity index (χ0n) is 9.42. The Morgan fingerprint density at radius 1 is 1.53 bits per heavy atom. The van der Waals surface area contributed by atoms with Crippen molar-refractivity contribution in [1.82, 2.24) is 4.72 Å². The Labute approximate surface area is 101 Å². The third-order valence-corrected chi connectivity index (χ3v) is 3.54. The molecule has 0 saturated heterocycles. The lowest BCUT2D eigenvalue weighted by atomic mass is 10.2. The zero-order chi connectivity index (χ0) is 12.9. The minimum Gasteiger partial charge on any atom is -0.395 e. The van der Waals surface area contributed by atoms with Crippen LogP contribution in [0.3, 0.4) is 0 Å². The maximum Gasteiger partial charge on any atom is 0.216 e. The molecule has 0 bridgehead atoms. The summed E-state index contributed by atoms with van der Waals surface area (Å²) in [6.07, 6.45) is 0. The molecule has 0 aromatic heterocycles. The number of hydrogen-bond donors (Lipinski definition) is 2. The minimum absolute atomic E-state index is 0.202. The van der Waals surface area contributed by atoms with Gasteiger partial charge in [0.2, 0.25) is 10.0 Å². The van der Waals surface area contributed by atoms with Crippen LogP contribution in [0.1, 0.15) is 18.1 Å². The number of hydrogen-bond acceptors (Lipinski definition) is 4. The number of aliphatic hydroxyl groups is 1. The Hall–Kier alpha value is -1.42. The van der Waals surface area contributed by atoms with E-state index in [9.17, 15) is 8.42 Å². The molecule has 5 nitrogen and oxygen atoms in total. The zero-order valence-corrected chi connectivity index (χ0v) is 10.2. The maximum atomic E-state index is 11.7. The minimum atomic E-state index is -3.49. The first kappa shape index (κ1) is 13.6. The van der Waals surface area contributed by atoms with E-state index in [2.05, 4.69) is 4.72 Å². The molecule has 17 heavy (non-hydrogen) atoms. The van der Waals surface area contributed by atoms with Crippen molar-refractivity contribution in [2.24, 2.45) is 0 Å². The number of nitriles is 1. The van der Waals surface area contributed by atoms with E-state index < -0.39 is 16.1 Å². The molecule has 2 N–H and O–H groups in total. The molecule has 92 valence electrons. The highest BCUT2D eigenvalue weighted by Gasteiger charge is 2.14. The lowest BCUT2D eigenvalue weighted by molar-refractivity contribution is 0.265. The molecule has 1 rings (SSSR count). The summed E-state index contributed by atoms with van der Waals surface area (Å²) < 4.78 is 25.7. The van der Waals surface area contributed by atoms with Gasteiger partial charge in [0.1, 0.15) is 0 Å². The van der Waals surface area contributed by atoms with E-state index in [1.807, 2.05) is 6.07 Å². The average Bonchev–Trinajstić information content (AvgIpc) is 2.27. The highest BCUT2D eigenvalue weighted by Crippen LogP contribution is 2.08. The molecular weight excluding hydrogens is 240 g/mol. The molecule has 0 amide bonds. The Bertz CT molecular complexity index is 520. The van der Waals surface area contributed by atoms with Gasteiger partial charge in [-0.05, 0) is 24.6 Å². The van der Waals surface area contributed by atoms with Crippen LogP contribution in [0.2, 0.25) is 0 Å². The van der Waals surface area contributed by atoms with E-state index in [4.69, 9.17) is 10.4 Å². The van der Waals surface area contributed by atoms with Gasteiger partial charge in [-0.2, -0.15) is 5.26 Å². The van der Waals surface area contributed by atoms with Gasteiger partial charge in [-0.15, -0.1) is 0 Å². The normalized spacial score (nSPS) is 13.0. The van der Waals surface area contributed by atoms with Crippen LogP contribution in [-0.4, -0.2) is 26.2 Å². The quantitative estimate of drug-likeness (QED) is 0.793. The SMILES string of the molecule is CC(CO)NS(=O)(=O)Cc1cccc(C#N)c1. The molecule has 0 fully saturated rings. The van der Waals surface area contributed by atoms with Crippen LogP contribution in [-0.2, 0) is 15.8 Å². The summed E-state index contributed by atoms with van der Waals surface area (Å²) in [5.74, 6) is -0.202. The molecule has 1 atom stereocenters. The number of rotatable bonds is 5. The number of nitrogens with zero attached hydrogens (tertiary/aromatic N) is 1. The summed E-state index contributed by atoms with van der Waals surface area (Å²) in [7, 11) is -3.49. The molecule has 0 aliphatic rings. The van der Waals surface area contributed by atoms with Gasteiger partial charge in [0.05, 0.1) is 24.0 Å². The van der Waals surface area contributed by atoms with Crippen molar-refractivity contribution in [1.29, 1.82) is 5.26 Å². The molecule has 0 spiro atoms. The molecule has 0 aliphatic carbocycles. The Balaban J connectivity index is 2.80. The van der Waals surface area contributed by atoms with E-state index >= 15 is 0 Å². The van der Waals surface area contributed by atoms with Gasteiger partial charge in [-0.3, -0.25) is 0 Å². The summed E-state index contributed by atoms with van der Waals surface area (Å²) in [6.45, 7) is 1.32. The summed E-state index contributed by atoms with van der Waals surface area (Å²) in [4.78, 5) is 0. The number of benzene rings is 1. The molecule has 0 radical (unpaired) electrons. The molecule has 1 aromatic carbocycles. The maximum absolute atomic E-state index is 11.7. The number of aliphatic hydroxyl groups excluding tert-OH is 1. The summed E-state index contributed by atoms with van der Waals surface area (Å²) in [5, 5.41) is 17.5. The third-order valence-electron chi connectivity index (χ3n) is 2.07. The molecule has 6 heteroatoms. The first-order valence-corrected chi connectivity index (χ1v) is 6.72. The van der Waals surface area contributed by atoms with Gasteiger partial charge in [-0.25, -0.2) is 13.1 Å². The first-order valence-electron chi connectivity index (χ1n) is 5.07. The molecule has 1 aromatic rings. The van der Waals surface area contributed by atoms with Crippen LogP contribution < -0.4 is 4.72 Å². The predicted molar refractivity (Wildman–Crippen MR) is 63.5 cm³/mol. The Morgan fingerprint density at radius 3 is 2.82 bits per heavy atom. The van der Waals surface area contributed by atoms with Crippen LogP contribution in [0, 0.1) is 11.3 Å². The topological polar surface area (TPSA) is 90.2 Å². The van der Waals surface area contributed by atoms with Crippen molar-refractivity contribution >= 4 is 10.0 Å². The second-order valence-corrected chi connectivity index (χ2v) is 5.53. The van der Waals surface area contributed by atoms with Crippen molar-refractivity contribution < 1.29 is 13.5 Å². The highest BCUT2D eigenvalue weighted by atomic mass is 32.2. The van der Waals surface area contributed by atoms with Crippen molar-refractivity contribution in [3.63, 3.8) is 0 Å². The summed E-state index contributed by atoms with van der Waals surface area (Å²) in [6, 6.07) is 7.86. The van der Waals surface area contributed by atoms with E-state index in [1.165, 1.54) is 6.07 Å². The predicted octanol–water partition coefficient (Wildman–Crippen LogP) is 0.358. The smallest absolute Gasteiger partial charge is 0.216 e. The van der Waals surface area contributed by atoms with Crippen LogP contribution >= 0.6 is 0 Å². The first-order chi connectivity index (χ1) is 7.96. The van der Waals surface area contributed by atoms with Crippen molar-refractivity contribution in [2.75, 3.05) is 6.61 Å². The standard InChI is InChI=1S/C11H14N2O3S/c1-9(7-14)13-17(15,16)8-11-4-2-3-10(5-11)6-12/h2-5,9,13-14H,7-8H2,1H3. The lowest BCUT2D eigenvalue weighted by Crippen LogP contribution is -2.35. The van der Waals surface area contributed by atoms with Gasteiger partial charge >= 0.3 is 0 Å².